The molecule has 0 aliphatic rings. The number of rotatable bonds is 4. The summed E-state index contributed by atoms with van der Waals surface area (Å²) < 4.78 is 1.96. The third kappa shape index (κ3) is 2.96. The van der Waals surface area contributed by atoms with Crippen LogP contribution in [0.5, 0.6) is 0 Å². The molecule has 0 amide bonds. The first-order valence-corrected chi connectivity index (χ1v) is 6.84. The maximum absolute atomic E-state index is 10.9. The molecule has 1 N–H and O–H groups in total. The monoisotopic (exact) mass is 290 g/mol. The maximum Gasteiger partial charge on any atom is 0.335 e. The molecule has 0 saturated heterocycles. The van der Waals surface area contributed by atoms with Gasteiger partial charge in [0, 0.05) is 11.9 Å². The maximum atomic E-state index is 10.9. The summed E-state index contributed by atoms with van der Waals surface area (Å²) in [5.41, 5.74) is 2.98. The first kappa shape index (κ1) is 13.8. The summed E-state index contributed by atoms with van der Waals surface area (Å²) in [7, 11) is 0. The summed E-state index contributed by atoms with van der Waals surface area (Å²) in [6.45, 7) is 0. The lowest BCUT2D eigenvalue weighted by Gasteiger charge is -2.06. The van der Waals surface area contributed by atoms with E-state index >= 15 is 0 Å². The van der Waals surface area contributed by atoms with Crippen LogP contribution in [0.15, 0.2) is 77.9 Å². The molecule has 0 saturated carbocycles. The molecule has 0 fully saturated rings. The zero-order valence-corrected chi connectivity index (χ0v) is 11.8. The number of para-hydroxylation sites is 1. The van der Waals surface area contributed by atoms with Crippen LogP contribution < -0.4 is 0 Å². The highest BCUT2D eigenvalue weighted by Crippen LogP contribution is 2.15. The number of hydrogen-bond donors (Lipinski definition) is 1. The van der Waals surface area contributed by atoms with Gasteiger partial charge < -0.3 is 9.67 Å². The minimum Gasteiger partial charge on any atom is -0.478 e. The van der Waals surface area contributed by atoms with E-state index in [-0.39, 0.29) is 5.56 Å². The summed E-state index contributed by atoms with van der Waals surface area (Å²) >= 11 is 0. The largest absolute Gasteiger partial charge is 0.478 e. The van der Waals surface area contributed by atoms with Gasteiger partial charge in [-0.3, -0.25) is 4.99 Å². The van der Waals surface area contributed by atoms with Gasteiger partial charge in [0.25, 0.3) is 0 Å². The van der Waals surface area contributed by atoms with Gasteiger partial charge in [-0.2, -0.15) is 0 Å². The first-order valence-electron chi connectivity index (χ1n) is 6.84. The summed E-state index contributed by atoms with van der Waals surface area (Å²) in [5, 5.41) is 8.94. The quantitative estimate of drug-likeness (QED) is 0.740. The fraction of sp³-hybridized carbons (Fsp3) is 0. The Labute approximate surface area is 128 Å². The van der Waals surface area contributed by atoms with E-state index in [0.29, 0.717) is 0 Å². The van der Waals surface area contributed by atoms with E-state index in [1.165, 1.54) is 0 Å². The highest BCUT2D eigenvalue weighted by molar-refractivity contribution is 5.88. The number of carboxylic acids is 1. The van der Waals surface area contributed by atoms with Gasteiger partial charge in [0.1, 0.15) is 0 Å². The molecule has 2 aromatic carbocycles. The van der Waals surface area contributed by atoms with Crippen molar-refractivity contribution < 1.29 is 9.90 Å². The van der Waals surface area contributed by atoms with Crippen LogP contribution in [-0.2, 0) is 0 Å². The van der Waals surface area contributed by atoms with Gasteiger partial charge in [0.2, 0.25) is 0 Å². The van der Waals surface area contributed by atoms with E-state index in [2.05, 4.69) is 4.99 Å². The zero-order chi connectivity index (χ0) is 15.4. The third-order valence-corrected chi connectivity index (χ3v) is 3.27. The third-order valence-electron chi connectivity index (χ3n) is 3.27. The van der Waals surface area contributed by atoms with Crippen molar-refractivity contribution in [3.05, 3.63) is 84.2 Å². The molecule has 0 aliphatic heterocycles. The molecule has 0 unspecified atom stereocenters. The van der Waals surface area contributed by atoms with E-state index in [1.54, 1.807) is 30.5 Å². The molecule has 3 rings (SSSR count). The second-order valence-electron chi connectivity index (χ2n) is 4.75. The van der Waals surface area contributed by atoms with Gasteiger partial charge in [-0.1, -0.05) is 18.2 Å². The number of nitrogens with zero attached hydrogens (tertiary/aromatic N) is 2. The van der Waals surface area contributed by atoms with E-state index < -0.39 is 5.97 Å². The Hall–Kier alpha value is -3.14. The van der Waals surface area contributed by atoms with Crippen LogP contribution in [0.3, 0.4) is 0 Å². The van der Waals surface area contributed by atoms with E-state index in [9.17, 15) is 4.79 Å². The molecule has 22 heavy (non-hydrogen) atoms. The predicted molar refractivity (Wildman–Crippen MR) is 86.4 cm³/mol. The second-order valence-corrected chi connectivity index (χ2v) is 4.75. The minimum atomic E-state index is -0.926. The average Bonchev–Trinajstić information content (AvgIpc) is 3.02. The van der Waals surface area contributed by atoms with Gasteiger partial charge in [0.15, 0.2) is 0 Å². The normalized spacial score (nSPS) is 10.9. The van der Waals surface area contributed by atoms with Crippen LogP contribution in [0.25, 0.3) is 5.69 Å². The molecule has 4 nitrogen and oxygen atoms in total. The topological polar surface area (TPSA) is 54.6 Å². The van der Waals surface area contributed by atoms with Crippen LogP contribution in [0.4, 0.5) is 5.69 Å². The minimum absolute atomic E-state index is 0.274. The number of aromatic carboxylic acids is 1. The lowest BCUT2D eigenvalue weighted by Crippen LogP contribution is -2.00. The Bertz CT molecular complexity index is 803. The number of hydrogen-bond acceptors (Lipinski definition) is 2. The van der Waals surface area contributed by atoms with Crippen molar-refractivity contribution >= 4 is 17.9 Å². The first-order chi connectivity index (χ1) is 10.7. The van der Waals surface area contributed by atoms with Crippen molar-refractivity contribution in [1.82, 2.24) is 4.57 Å². The molecule has 0 aliphatic carbocycles. The molecule has 0 bridgehead atoms. The number of carboxylic acid groups (broad SMARTS) is 1. The molecule has 0 spiro atoms. The lowest BCUT2D eigenvalue weighted by molar-refractivity contribution is 0.0697. The summed E-state index contributed by atoms with van der Waals surface area (Å²) in [6.07, 6.45) is 3.71. The Morgan fingerprint density at radius 2 is 1.68 bits per heavy atom. The summed E-state index contributed by atoms with van der Waals surface area (Å²) in [5.74, 6) is -0.926. The Morgan fingerprint density at radius 1 is 0.955 bits per heavy atom. The van der Waals surface area contributed by atoms with Gasteiger partial charge in [-0.25, -0.2) is 4.79 Å². The summed E-state index contributed by atoms with van der Waals surface area (Å²) in [6, 6.07) is 20.3. The number of carbonyl (C=O) groups is 1. The predicted octanol–water partition coefficient (Wildman–Crippen LogP) is 3.93. The highest BCUT2D eigenvalue weighted by Gasteiger charge is 2.04. The Kier molecular flexibility index (Phi) is 3.83. The molecule has 1 heterocycles. The van der Waals surface area contributed by atoms with Crippen LogP contribution in [0.2, 0.25) is 0 Å². The molecule has 3 aromatic rings. The van der Waals surface area contributed by atoms with E-state index in [1.807, 2.05) is 53.2 Å². The molecule has 1 aromatic heterocycles. The van der Waals surface area contributed by atoms with Gasteiger partial charge in [0.05, 0.1) is 23.2 Å². The molecule has 0 atom stereocenters. The molecule has 108 valence electrons. The van der Waals surface area contributed by atoms with Crippen molar-refractivity contribution in [3.63, 3.8) is 0 Å². The molecular weight excluding hydrogens is 276 g/mol. The van der Waals surface area contributed by atoms with Crippen molar-refractivity contribution in [2.75, 3.05) is 0 Å². The van der Waals surface area contributed by atoms with E-state index in [4.69, 9.17) is 5.11 Å². The second kappa shape index (κ2) is 6.10. The fourth-order valence-corrected chi connectivity index (χ4v) is 2.15. The fourth-order valence-electron chi connectivity index (χ4n) is 2.15. The van der Waals surface area contributed by atoms with Crippen molar-refractivity contribution in [3.8, 4) is 5.69 Å². The number of benzene rings is 2. The van der Waals surface area contributed by atoms with Gasteiger partial charge in [-0.15, -0.1) is 0 Å². The molecule has 4 heteroatoms. The van der Waals surface area contributed by atoms with Crippen LogP contribution in [0, 0.1) is 0 Å². The van der Waals surface area contributed by atoms with Crippen LogP contribution in [0.1, 0.15) is 16.1 Å². The molecule has 0 radical (unpaired) electrons. The van der Waals surface area contributed by atoms with Crippen LogP contribution >= 0.6 is 0 Å². The van der Waals surface area contributed by atoms with Crippen molar-refractivity contribution in [1.29, 1.82) is 0 Å². The standard InChI is InChI=1S/C18H14N2O2/c21-18(22)14-8-10-16(11-9-14)20-12-4-7-17(20)13-19-15-5-2-1-3-6-15/h1-13H,(H,21,22). The molecular formula is C18H14N2O2. The average molecular weight is 290 g/mol. The number of aromatic nitrogens is 1. The van der Waals surface area contributed by atoms with Gasteiger partial charge >= 0.3 is 5.97 Å². The van der Waals surface area contributed by atoms with Gasteiger partial charge in [-0.05, 0) is 48.5 Å². The lowest BCUT2D eigenvalue weighted by atomic mass is 10.2. The smallest absolute Gasteiger partial charge is 0.335 e. The van der Waals surface area contributed by atoms with Crippen molar-refractivity contribution in [2.24, 2.45) is 4.99 Å². The zero-order valence-electron chi connectivity index (χ0n) is 11.8. The summed E-state index contributed by atoms with van der Waals surface area (Å²) in [4.78, 5) is 15.3. The SMILES string of the molecule is O=C(O)c1ccc(-n2cccc2C=Nc2ccccc2)cc1. The van der Waals surface area contributed by atoms with E-state index in [0.717, 1.165) is 17.1 Å². The Balaban J connectivity index is 1.89. The van der Waals surface area contributed by atoms with Crippen LogP contribution in [-0.4, -0.2) is 21.9 Å². The Morgan fingerprint density at radius 3 is 2.36 bits per heavy atom. The number of aliphatic imine (C=N–C) groups is 1. The highest BCUT2D eigenvalue weighted by atomic mass is 16.4. The van der Waals surface area contributed by atoms with Crippen molar-refractivity contribution in [2.45, 2.75) is 0 Å².